The van der Waals surface area contributed by atoms with Crippen molar-refractivity contribution >= 4 is 46.6 Å². The van der Waals surface area contributed by atoms with E-state index in [0.29, 0.717) is 27.8 Å². The van der Waals surface area contributed by atoms with Crippen molar-refractivity contribution in [1.29, 1.82) is 5.26 Å². The third-order valence-corrected chi connectivity index (χ3v) is 7.27. The number of hydrogen-bond donors (Lipinski definition) is 1. The molecule has 1 aliphatic rings. The van der Waals surface area contributed by atoms with Crippen LogP contribution in [0, 0.1) is 18.3 Å². The maximum Gasteiger partial charge on any atom is 0.269 e. The molecule has 1 fully saturated rings. The number of thioether (sulfide) groups is 1. The maximum absolute atomic E-state index is 13.6. The predicted molar refractivity (Wildman–Crippen MR) is 142 cm³/mol. The minimum atomic E-state index is -0.547. The van der Waals surface area contributed by atoms with Crippen molar-refractivity contribution in [1.82, 2.24) is 0 Å². The van der Waals surface area contributed by atoms with E-state index in [9.17, 15) is 14.9 Å². The molecule has 1 atom stereocenters. The van der Waals surface area contributed by atoms with Crippen LogP contribution < -0.4 is 10.2 Å². The average Bonchev–Trinajstić information content (AvgIpc) is 3.17. The number of halogens is 1. The molecule has 0 aromatic heterocycles. The molecule has 0 aliphatic carbocycles. The molecular formula is C28H24ClN3O2S. The molecule has 4 rings (SSSR count). The van der Waals surface area contributed by atoms with Gasteiger partial charge >= 0.3 is 0 Å². The summed E-state index contributed by atoms with van der Waals surface area (Å²) in [5, 5.41) is 13.3. The lowest BCUT2D eigenvalue weighted by Gasteiger charge is -2.19. The molecule has 2 amide bonds. The molecule has 0 radical (unpaired) electrons. The normalized spacial score (nSPS) is 16.7. The zero-order valence-corrected chi connectivity index (χ0v) is 21.0. The number of rotatable bonds is 6. The van der Waals surface area contributed by atoms with Gasteiger partial charge in [0.2, 0.25) is 5.91 Å². The van der Waals surface area contributed by atoms with E-state index in [-0.39, 0.29) is 11.5 Å². The van der Waals surface area contributed by atoms with Gasteiger partial charge in [-0.3, -0.25) is 14.5 Å². The van der Waals surface area contributed by atoms with Crippen LogP contribution in [0.4, 0.5) is 11.4 Å². The van der Waals surface area contributed by atoms with Gasteiger partial charge in [0, 0.05) is 16.4 Å². The Morgan fingerprint density at radius 3 is 2.26 bits per heavy atom. The van der Waals surface area contributed by atoms with Crippen LogP contribution in [-0.2, 0) is 22.4 Å². The molecule has 3 aromatic carbocycles. The summed E-state index contributed by atoms with van der Waals surface area (Å²) in [5.74, 6) is -0.714. The molecule has 0 spiro atoms. The summed E-state index contributed by atoms with van der Waals surface area (Å²) in [6.07, 6.45) is 1.32. The lowest BCUT2D eigenvalue weighted by molar-refractivity contribution is -0.117. The number of amides is 2. The molecule has 0 bridgehead atoms. The largest absolute Gasteiger partial charge is 0.321 e. The van der Waals surface area contributed by atoms with Crippen LogP contribution in [-0.4, -0.2) is 17.1 Å². The monoisotopic (exact) mass is 501 g/mol. The summed E-state index contributed by atoms with van der Waals surface area (Å²) in [5.41, 5.74) is 4.26. The van der Waals surface area contributed by atoms with Gasteiger partial charge in [-0.1, -0.05) is 72.2 Å². The summed E-state index contributed by atoms with van der Waals surface area (Å²) in [6, 6.07) is 24.3. The zero-order valence-electron chi connectivity index (χ0n) is 19.4. The van der Waals surface area contributed by atoms with Crippen molar-refractivity contribution < 1.29 is 9.59 Å². The van der Waals surface area contributed by atoms with Gasteiger partial charge in [-0.25, -0.2) is 0 Å². The smallest absolute Gasteiger partial charge is 0.269 e. The topological polar surface area (TPSA) is 73.2 Å². The fraction of sp³-hybridized carbons (Fsp3) is 0.179. The number of nitrogens with one attached hydrogen (secondary N) is 1. The van der Waals surface area contributed by atoms with Gasteiger partial charge in [0.1, 0.15) is 16.7 Å². The number of anilines is 2. The Kier molecular flexibility index (Phi) is 7.60. The van der Waals surface area contributed by atoms with E-state index in [4.69, 9.17) is 11.6 Å². The Balaban J connectivity index is 1.71. The highest BCUT2D eigenvalue weighted by Crippen LogP contribution is 2.42. The first kappa shape index (κ1) is 24.6. The number of nitrogens with zero attached hydrogens (tertiary/aromatic N) is 2. The molecule has 1 N–H and O–H groups in total. The molecule has 1 heterocycles. The van der Waals surface area contributed by atoms with E-state index in [2.05, 4.69) is 12.2 Å². The number of carbonyl (C=O) groups excluding carboxylic acids is 2. The third-order valence-electron chi connectivity index (χ3n) is 5.75. The van der Waals surface area contributed by atoms with Crippen LogP contribution in [0.25, 0.3) is 0 Å². The highest BCUT2D eigenvalue weighted by molar-refractivity contribution is 8.05. The molecule has 1 aliphatic heterocycles. The number of aryl methyl sites for hydroxylation is 2. The second-order valence-corrected chi connectivity index (χ2v) is 9.87. The van der Waals surface area contributed by atoms with Gasteiger partial charge in [-0.15, -0.1) is 0 Å². The SMILES string of the molecule is CCc1ccc(N2C(=O)C(Cc3ccc(Cl)cc3)S/C2=C(/C#N)C(=O)Nc2ccc(C)cc2)cc1. The molecule has 1 unspecified atom stereocenters. The summed E-state index contributed by atoms with van der Waals surface area (Å²) in [4.78, 5) is 28.2. The summed E-state index contributed by atoms with van der Waals surface area (Å²) < 4.78 is 0. The van der Waals surface area contributed by atoms with Crippen LogP contribution in [0.3, 0.4) is 0 Å². The first-order valence-corrected chi connectivity index (χ1v) is 12.5. The number of nitriles is 1. The van der Waals surface area contributed by atoms with Gasteiger partial charge in [0.05, 0.1) is 5.25 Å². The minimum absolute atomic E-state index is 0.0953. The van der Waals surface area contributed by atoms with Crippen molar-refractivity contribution in [2.24, 2.45) is 0 Å². The van der Waals surface area contributed by atoms with E-state index in [1.165, 1.54) is 16.7 Å². The van der Waals surface area contributed by atoms with Crippen molar-refractivity contribution in [3.8, 4) is 6.07 Å². The quantitative estimate of drug-likeness (QED) is 0.319. The van der Waals surface area contributed by atoms with Gasteiger partial charge in [0.15, 0.2) is 0 Å². The van der Waals surface area contributed by atoms with Crippen LogP contribution >= 0.6 is 23.4 Å². The first-order chi connectivity index (χ1) is 16.9. The molecule has 176 valence electrons. The van der Waals surface area contributed by atoms with Crippen LogP contribution in [0.1, 0.15) is 23.6 Å². The standard InChI is InChI=1S/C28H24ClN3O2S/c1-3-19-8-14-23(15-9-19)32-27(34)25(16-20-6-10-21(29)11-7-20)35-28(32)24(17-30)26(33)31-22-12-4-18(2)5-13-22/h4-15,25H,3,16H2,1-2H3,(H,31,33)/b28-24-. The van der Waals surface area contributed by atoms with Gasteiger partial charge in [0.25, 0.3) is 5.91 Å². The van der Waals surface area contributed by atoms with Crippen LogP contribution in [0.15, 0.2) is 83.4 Å². The molecule has 3 aromatic rings. The number of benzene rings is 3. The van der Waals surface area contributed by atoms with Gasteiger partial charge in [-0.05, 0) is 67.3 Å². The van der Waals surface area contributed by atoms with Crippen LogP contribution in [0.2, 0.25) is 5.02 Å². The lowest BCUT2D eigenvalue weighted by atomic mass is 10.1. The maximum atomic E-state index is 13.6. The molecule has 35 heavy (non-hydrogen) atoms. The second kappa shape index (κ2) is 10.8. The second-order valence-electron chi connectivity index (χ2n) is 8.24. The summed E-state index contributed by atoms with van der Waals surface area (Å²) in [6.45, 7) is 4.01. The summed E-state index contributed by atoms with van der Waals surface area (Å²) >= 11 is 7.25. The van der Waals surface area contributed by atoms with Crippen molar-refractivity contribution in [3.63, 3.8) is 0 Å². The zero-order chi connectivity index (χ0) is 24.9. The highest BCUT2D eigenvalue weighted by Gasteiger charge is 2.40. The van der Waals surface area contributed by atoms with Crippen molar-refractivity contribution in [2.45, 2.75) is 31.9 Å². The van der Waals surface area contributed by atoms with E-state index in [0.717, 1.165) is 23.1 Å². The van der Waals surface area contributed by atoms with E-state index >= 15 is 0 Å². The van der Waals surface area contributed by atoms with E-state index < -0.39 is 11.2 Å². The molecular weight excluding hydrogens is 478 g/mol. The fourth-order valence-corrected chi connectivity index (χ4v) is 5.20. The van der Waals surface area contributed by atoms with Crippen molar-refractivity contribution in [2.75, 3.05) is 10.2 Å². The van der Waals surface area contributed by atoms with Crippen LogP contribution in [0.5, 0.6) is 0 Å². The van der Waals surface area contributed by atoms with E-state index in [1.54, 1.807) is 24.3 Å². The van der Waals surface area contributed by atoms with Gasteiger partial charge in [-0.2, -0.15) is 5.26 Å². The fourth-order valence-electron chi connectivity index (χ4n) is 3.77. The average molecular weight is 502 g/mol. The highest BCUT2D eigenvalue weighted by atomic mass is 35.5. The Morgan fingerprint density at radius 1 is 1.03 bits per heavy atom. The predicted octanol–water partition coefficient (Wildman–Crippen LogP) is 6.28. The third kappa shape index (κ3) is 5.59. The first-order valence-electron chi connectivity index (χ1n) is 11.3. The summed E-state index contributed by atoms with van der Waals surface area (Å²) in [7, 11) is 0. The van der Waals surface area contributed by atoms with Crippen molar-refractivity contribution in [3.05, 3.63) is 105 Å². The Morgan fingerprint density at radius 2 is 1.66 bits per heavy atom. The Labute approximate surface area is 214 Å². The molecule has 5 nitrogen and oxygen atoms in total. The van der Waals surface area contributed by atoms with Gasteiger partial charge < -0.3 is 5.32 Å². The van der Waals surface area contributed by atoms with E-state index in [1.807, 2.05) is 61.5 Å². The number of carbonyl (C=O) groups is 2. The molecule has 0 saturated carbocycles. The molecule has 1 saturated heterocycles. The Bertz CT molecular complexity index is 1310. The Hall–Kier alpha value is -3.53. The number of hydrogen-bond acceptors (Lipinski definition) is 4. The lowest BCUT2D eigenvalue weighted by Crippen LogP contribution is -2.30. The minimum Gasteiger partial charge on any atom is -0.321 e. The molecule has 7 heteroatoms.